The van der Waals surface area contributed by atoms with Gasteiger partial charge < -0.3 is 20.4 Å². The monoisotopic (exact) mass is 452 g/mol. The molecule has 1 saturated carbocycles. The molecule has 2 fully saturated rings. The second kappa shape index (κ2) is 9.48. The summed E-state index contributed by atoms with van der Waals surface area (Å²) in [5, 5.41) is 8.31. The number of anilines is 1. The van der Waals surface area contributed by atoms with Crippen LogP contribution in [0, 0.1) is 5.92 Å². The van der Waals surface area contributed by atoms with Gasteiger partial charge >= 0.3 is 6.03 Å². The van der Waals surface area contributed by atoms with Gasteiger partial charge in [-0.25, -0.2) is 4.79 Å². The highest BCUT2D eigenvalue weighted by atomic mass is 16.3. The first-order chi connectivity index (χ1) is 15.9. The summed E-state index contributed by atoms with van der Waals surface area (Å²) in [7, 11) is 0. The molecule has 0 unspecified atom stereocenters. The van der Waals surface area contributed by atoms with Gasteiger partial charge in [0.2, 0.25) is 5.91 Å². The van der Waals surface area contributed by atoms with Crippen molar-refractivity contribution in [3.63, 3.8) is 0 Å². The molecule has 0 bridgehead atoms. The molecular weight excluding hydrogens is 424 g/mol. The number of hydrogen-bond donors (Lipinski definition) is 3. The molecule has 174 valence electrons. The van der Waals surface area contributed by atoms with E-state index in [2.05, 4.69) is 22.9 Å². The molecule has 3 N–H and O–H groups in total. The van der Waals surface area contributed by atoms with E-state index < -0.39 is 17.5 Å². The molecule has 9 heteroatoms. The van der Waals surface area contributed by atoms with E-state index in [1.165, 1.54) is 6.26 Å². The normalized spacial score (nSPS) is 22.3. The van der Waals surface area contributed by atoms with Crippen LogP contribution in [-0.4, -0.2) is 40.7 Å². The summed E-state index contributed by atoms with van der Waals surface area (Å²) in [5.41, 5.74) is 0.456. The molecule has 0 radical (unpaired) electrons. The Labute approximate surface area is 191 Å². The number of carbonyl (C=O) groups excluding carboxylic acids is 4. The maximum absolute atomic E-state index is 13.0. The van der Waals surface area contributed by atoms with E-state index in [-0.39, 0.29) is 30.7 Å². The Morgan fingerprint density at radius 3 is 2.67 bits per heavy atom. The lowest BCUT2D eigenvalue weighted by Gasteiger charge is -2.34. The Morgan fingerprint density at radius 1 is 1.18 bits per heavy atom. The van der Waals surface area contributed by atoms with Crippen molar-refractivity contribution in [3.05, 3.63) is 54.0 Å². The van der Waals surface area contributed by atoms with Crippen molar-refractivity contribution in [1.82, 2.24) is 15.5 Å². The number of nitrogens with zero attached hydrogens (tertiary/aromatic N) is 1. The van der Waals surface area contributed by atoms with E-state index >= 15 is 0 Å². The molecule has 1 aromatic heterocycles. The molecule has 33 heavy (non-hydrogen) atoms. The van der Waals surface area contributed by atoms with Gasteiger partial charge in [0.25, 0.3) is 11.8 Å². The molecule has 1 aromatic carbocycles. The van der Waals surface area contributed by atoms with Crippen LogP contribution in [0.1, 0.15) is 55.1 Å². The minimum Gasteiger partial charge on any atom is -0.459 e. The van der Waals surface area contributed by atoms with E-state index in [0.29, 0.717) is 24.4 Å². The Morgan fingerprint density at radius 2 is 1.97 bits per heavy atom. The Bertz CT molecular complexity index is 1040. The maximum Gasteiger partial charge on any atom is 0.325 e. The molecule has 1 aliphatic heterocycles. The van der Waals surface area contributed by atoms with E-state index in [0.717, 1.165) is 29.7 Å². The number of carbonyl (C=O) groups is 4. The van der Waals surface area contributed by atoms with Crippen molar-refractivity contribution >= 4 is 29.4 Å². The van der Waals surface area contributed by atoms with Crippen LogP contribution in [0.3, 0.4) is 0 Å². The summed E-state index contributed by atoms with van der Waals surface area (Å²) in [5.74, 6) is -0.329. The molecule has 5 amide bonds. The molecule has 2 aromatic rings. The van der Waals surface area contributed by atoms with Crippen LogP contribution in [0.15, 0.2) is 47.1 Å². The topological polar surface area (TPSA) is 121 Å². The van der Waals surface area contributed by atoms with Gasteiger partial charge in [-0.05, 0) is 61.4 Å². The Kier molecular flexibility index (Phi) is 6.48. The van der Waals surface area contributed by atoms with Gasteiger partial charge in [0.05, 0.1) is 6.26 Å². The van der Waals surface area contributed by atoms with Crippen molar-refractivity contribution in [3.8, 4) is 0 Å². The summed E-state index contributed by atoms with van der Waals surface area (Å²) in [6.07, 6.45) is 5.52. The lowest BCUT2D eigenvalue weighted by Crippen LogP contribution is -2.50. The zero-order valence-corrected chi connectivity index (χ0v) is 18.6. The van der Waals surface area contributed by atoms with Gasteiger partial charge in [-0.2, -0.15) is 0 Å². The number of imide groups is 1. The second-order valence-corrected chi connectivity index (χ2v) is 8.66. The van der Waals surface area contributed by atoms with Crippen LogP contribution in [0.5, 0.6) is 0 Å². The van der Waals surface area contributed by atoms with E-state index in [4.69, 9.17) is 4.42 Å². The fraction of sp³-hybridized carbons (Fsp3) is 0.417. The fourth-order valence-electron chi connectivity index (χ4n) is 4.50. The summed E-state index contributed by atoms with van der Waals surface area (Å²) in [6, 6.07) is 9.71. The maximum atomic E-state index is 13.0. The van der Waals surface area contributed by atoms with Crippen LogP contribution in [0.4, 0.5) is 10.5 Å². The standard InChI is InChI=1S/C24H28N4O5/c1-2-16-8-10-24(11-9-16)22(31)28(23(32)27-24)15-20(29)25-14-17-5-3-6-18(13-17)26-21(30)19-7-4-12-33-19/h3-7,12-13,16H,2,8-11,14-15H2,1H3,(H,25,29)(H,26,30)(H,27,32). The first-order valence-electron chi connectivity index (χ1n) is 11.2. The number of benzene rings is 1. The number of urea groups is 1. The molecule has 0 atom stereocenters. The van der Waals surface area contributed by atoms with Gasteiger partial charge in [0.1, 0.15) is 12.1 Å². The summed E-state index contributed by atoms with van der Waals surface area (Å²) >= 11 is 0. The molecule has 2 aliphatic rings. The first-order valence-corrected chi connectivity index (χ1v) is 11.2. The van der Waals surface area contributed by atoms with Crippen molar-refractivity contribution in [2.75, 3.05) is 11.9 Å². The average Bonchev–Trinajstić information content (AvgIpc) is 3.43. The van der Waals surface area contributed by atoms with Gasteiger partial charge in [-0.1, -0.05) is 25.5 Å². The number of amides is 5. The molecule has 9 nitrogen and oxygen atoms in total. The van der Waals surface area contributed by atoms with Gasteiger partial charge in [0.15, 0.2) is 5.76 Å². The third-order valence-corrected chi connectivity index (χ3v) is 6.50. The molecule has 1 spiro atoms. The van der Waals surface area contributed by atoms with Crippen molar-refractivity contribution < 1.29 is 23.6 Å². The number of furan rings is 1. The van der Waals surface area contributed by atoms with Crippen molar-refractivity contribution in [1.29, 1.82) is 0 Å². The number of hydrogen-bond acceptors (Lipinski definition) is 5. The fourth-order valence-corrected chi connectivity index (χ4v) is 4.50. The zero-order valence-electron chi connectivity index (χ0n) is 18.6. The number of nitrogens with one attached hydrogen (secondary N) is 3. The van der Waals surface area contributed by atoms with Gasteiger partial charge in [-0.15, -0.1) is 0 Å². The van der Waals surface area contributed by atoms with Gasteiger partial charge in [0, 0.05) is 12.2 Å². The highest BCUT2D eigenvalue weighted by Gasteiger charge is 2.52. The molecule has 1 aliphatic carbocycles. The van der Waals surface area contributed by atoms with Crippen LogP contribution in [0.25, 0.3) is 0 Å². The largest absolute Gasteiger partial charge is 0.459 e. The average molecular weight is 453 g/mol. The summed E-state index contributed by atoms with van der Waals surface area (Å²) in [4.78, 5) is 51.0. The predicted molar refractivity (Wildman–Crippen MR) is 120 cm³/mol. The highest BCUT2D eigenvalue weighted by Crippen LogP contribution is 2.37. The first kappa shape index (κ1) is 22.6. The Hall–Kier alpha value is -3.62. The van der Waals surface area contributed by atoms with Crippen molar-refractivity contribution in [2.24, 2.45) is 5.92 Å². The minimum absolute atomic E-state index is 0.191. The molecule has 1 saturated heterocycles. The molecular formula is C24H28N4O5. The lowest BCUT2D eigenvalue weighted by molar-refractivity contribution is -0.136. The van der Waals surface area contributed by atoms with Gasteiger partial charge in [-0.3, -0.25) is 19.3 Å². The smallest absolute Gasteiger partial charge is 0.325 e. The lowest BCUT2D eigenvalue weighted by atomic mass is 9.75. The van der Waals surface area contributed by atoms with Crippen LogP contribution >= 0.6 is 0 Å². The minimum atomic E-state index is -0.858. The quantitative estimate of drug-likeness (QED) is 0.558. The second-order valence-electron chi connectivity index (χ2n) is 8.66. The molecule has 4 rings (SSSR count). The third kappa shape index (κ3) is 4.92. The Balaban J connectivity index is 1.30. The molecule has 2 heterocycles. The van der Waals surface area contributed by atoms with Crippen LogP contribution < -0.4 is 16.0 Å². The van der Waals surface area contributed by atoms with E-state index in [1.807, 2.05) is 0 Å². The SMILES string of the molecule is CCC1CCC2(CC1)NC(=O)N(CC(=O)NCc1cccc(NC(=O)c3ccco3)c1)C2=O. The predicted octanol–water partition coefficient (Wildman–Crippen LogP) is 3.04. The summed E-state index contributed by atoms with van der Waals surface area (Å²) < 4.78 is 5.08. The zero-order chi connectivity index (χ0) is 23.4. The van der Waals surface area contributed by atoms with Crippen molar-refractivity contribution in [2.45, 2.75) is 51.1 Å². The van der Waals surface area contributed by atoms with Crippen LogP contribution in [0.2, 0.25) is 0 Å². The summed E-state index contributed by atoms with van der Waals surface area (Å²) in [6.45, 7) is 2.01. The van der Waals surface area contributed by atoms with Crippen LogP contribution in [-0.2, 0) is 16.1 Å². The third-order valence-electron chi connectivity index (χ3n) is 6.50. The van der Waals surface area contributed by atoms with E-state index in [1.54, 1.807) is 36.4 Å². The number of rotatable bonds is 7. The highest BCUT2D eigenvalue weighted by molar-refractivity contribution is 6.09. The van der Waals surface area contributed by atoms with E-state index in [9.17, 15) is 19.2 Å².